The van der Waals surface area contributed by atoms with Gasteiger partial charge in [0.15, 0.2) is 0 Å². The van der Waals surface area contributed by atoms with Gasteiger partial charge in [0.25, 0.3) is 0 Å². The van der Waals surface area contributed by atoms with Crippen molar-refractivity contribution in [2.45, 2.75) is 18.8 Å². The highest BCUT2D eigenvalue weighted by atomic mass is 16.1. The van der Waals surface area contributed by atoms with Gasteiger partial charge in [0, 0.05) is 63.6 Å². The van der Waals surface area contributed by atoms with Crippen molar-refractivity contribution in [3.05, 3.63) is 120 Å². The fourth-order valence-corrected chi connectivity index (χ4v) is 3.06. The van der Waals surface area contributed by atoms with Crippen LogP contribution >= 0.6 is 0 Å². The van der Waals surface area contributed by atoms with Gasteiger partial charge in [-0.25, -0.2) is 0 Å². The van der Waals surface area contributed by atoms with E-state index in [1.54, 1.807) is 48.8 Å². The molecule has 0 atom stereocenters. The molecule has 4 rings (SSSR count). The lowest BCUT2D eigenvalue weighted by molar-refractivity contribution is 0.103. The Labute approximate surface area is 215 Å². The number of carbonyl (C=O) groups excluding carboxylic acids is 1. The molecule has 4 heterocycles. The minimum absolute atomic E-state index is 0. The van der Waals surface area contributed by atoms with Crippen molar-refractivity contribution in [2.75, 3.05) is 19.6 Å². The largest absolute Gasteiger partial charge is 0.330 e. The van der Waals surface area contributed by atoms with Crippen LogP contribution < -0.4 is 17.2 Å². The predicted molar refractivity (Wildman–Crippen MR) is 144 cm³/mol. The molecule has 0 aliphatic rings. The second-order valence-corrected chi connectivity index (χ2v) is 7.33. The van der Waals surface area contributed by atoms with Crippen LogP contribution in [0, 0.1) is 0 Å². The van der Waals surface area contributed by atoms with Crippen molar-refractivity contribution >= 4 is 14.2 Å². The summed E-state index contributed by atoms with van der Waals surface area (Å²) in [5.74, 6) is 0.104. The van der Waals surface area contributed by atoms with E-state index in [1.165, 1.54) is 0 Å². The lowest BCUT2D eigenvalue weighted by Gasteiger charge is -2.15. The zero-order valence-electron chi connectivity index (χ0n) is 20.4. The van der Waals surface area contributed by atoms with Gasteiger partial charge in [-0.15, -0.1) is 0 Å². The number of pyridine rings is 4. The standard InChI is InChI=1S/C14H17N3.C11H8N2O.C2H8N2.B/c15-9-5-6-12(13-7-1-3-10-16-13)14-8-2-4-11-17-14;14-11(9-5-1-3-7-12-9)10-6-2-4-8-13-10;3-1-2-4;/h1-4,7-8,10-12H,5-6,9,15H2;1-8H;1-4H2;. The maximum Gasteiger partial charge on any atom is 0.229 e. The van der Waals surface area contributed by atoms with Crippen molar-refractivity contribution < 1.29 is 4.79 Å². The van der Waals surface area contributed by atoms with E-state index < -0.39 is 0 Å². The Morgan fingerprint density at radius 2 is 1.03 bits per heavy atom. The predicted octanol–water partition coefficient (Wildman–Crippen LogP) is 2.58. The van der Waals surface area contributed by atoms with E-state index in [2.05, 4.69) is 32.1 Å². The van der Waals surface area contributed by atoms with E-state index in [4.69, 9.17) is 17.2 Å². The molecule has 3 radical (unpaired) electrons. The number of nitrogens with zero attached hydrogens (tertiary/aromatic N) is 4. The average Bonchev–Trinajstić information content (AvgIpc) is 2.95. The van der Waals surface area contributed by atoms with Crippen LogP contribution in [-0.4, -0.2) is 53.8 Å². The van der Waals surface area contributed by atoms with Crippen molar-refractivity contribution in [3.63, 3.8) is 0 Å². The molecular weight excluding hydrogens is 449 g/mol. The molecule has 0 spiro atoms. The first-order chi connectivity index (χ1) is 17.2. The summed E-state index contributed by atoms with van der Waals surface area (Å²) in [4.78, 5) is 28.5. The molecule has 185 valence electrons. The molecule has 0 aromatic carbocycles. The monoisotopic (exact) mass is 482 g/mol. The Hall–Kier alpha value is -3.79. The first-order valence-electron chi connectivity index (χ1n) is 11.5. The van der Waals surface area contributed by atoms with Crippen LogP contribution in [0.4, 0.5) is 0 Å². The summed E-state index contributed by atoms with van der Waals surface area (Å²) >= 11 is 0. The van der Waals surface area contributed by atoms with Gasteiger partial charge in [-0.05, 0) is 67.9 Å². The first kappa shape index (κ1) is 30.2. The van der Waals surface area contributed by atoms with Crippen LogP contribution in [0.5, 0.6) is 0 Å². The lowest BCUT2D eigenvalue weighted by Crippen LogP contribution is -2.11. The van der Waals surface area contributed by atoms with Gasteiger partial charge in [-0.1, -0.05) is 24.3 Å². The van der Waals surface area contributed by atoms with Gasteiger partial charge in [-0.2, -0.15) is 0 Å². The first-order valence-corrected chi connectivity index (χ1v) is 11.5. The number of hydrogen-bond donors (Lipinski definition) is 3. The van der Waals surface area contributed by atoms with Crippen LogP contribution in [0.25, 0.3) is 0 Å². The summed E-state index contributed by atoms with van der Waals surface area (Å²) in [6, 6.07) is 22.5. The molecule has 0 aliphatic heterocycles. The highest BCUT2D eigenvalue weighted by molar-refractivity contribution is 6.06. The van der Waals surface area contributed by atoms with Gasteiger partial charge in [0.05, 0.1) is 0 Å². The quantitative estimate of drug-likeness (QED) is 0.257. The van der Waals surface area contributed by atoms with Crippen LogP contribution in [0.3, 0.4) is 0 Å². The van der Waals surface area contributed by atoms with Gasteiger partial charge in [0.2, 0.25) is 5.78 Å². The third-order valence-electron chi connectivity index (χ3n) is 4.75. The fraction of sp³-hybridized carbons (Fsp3) is 0.222. The summed E-state index contributed by atoms with van der Waals surface area (Å²) < 4.78 is 0. The molecule has 6 N–H and O–H groups in total. The SMILES string of the molecule is NCCCC(c1ccccn1)c1ccccn1.NCCN.O=C(c1ccccn1)c1ccccn1.[B]. The third kappa shape index (κ3) is 10.6. The molecule has 4 aromatic rings. The Bertz CT molecular complexity index is 989. The normalized spacial score (nSPS) is 9.67. The maximum absolute atomic E-state index is 11.7. The molecule has 0 fully saturated rings. The van der Waals surface area contributed by atoms with Gasteiger partial charge in [0.1, 0.15) is 11.4 Å². The Morgan fingerprint density at radius 3 is 1.33 bits per heavy atom. The van der Waals surface area contributed by atoms with Gasteiger partial charge >= 0.3 is 0 Å². The van der Waals surface area contributed by atoms with E-state index in [1.807, 2.05) is 36.7 Å². The topological polar surface area (TPSA) is 147 Å². The van der Waals surface area contributed by atoms with Crippen LogP contribution in [0.15, 0.2) is 97.6 Å². The number of hydrogen-bond acceptors (Lipinski definition) is 8. The number of aromatic nitrogens is 4. The van der Waals surface area contributed by atoms with Crippen LogP contribution in [0.2, 0.25) is 0 Å². The Kier molecular flexibility index (Phi) is 15.6. The minimum atomic E-state index is -0.147. The Morgan fingerprint density at radius 1 is 0.611 bits per heavy atom. The summed E-state index contributed by atoms with van der Waals surface area (Å²) in [6.07, 6.45) is 8.82. The lowest BCUT2D eigenvalue weighted by atomic mass is 9.94. The highest BCUT2D eigenvalue weighted by Gasteiger charge is 2.15. The summed E-state index contributed by atoms with van der Waals surface area (Å²) in [7, 11) is 0. The molecule has 0 amide bonds. The minimum Gasteiger partial charge on any atom is -0.330 e. The zero-order valence-corrected chi connectivity index (χ0v) is 20.4. The second-order valence-electron chi connectivity index (χ2n) is 7.33. The van der Waals surface area contributed by atoms with Crippen LogP contribution in [-0.2, 0) is 0 Å². The fourth-order valence-electron chi connectivity index (χ4n) is 3.06. The Balaban J connectivity index is 0.000000310. The summed E-state index contributed by atoms with van der Waals surface area (Å²) in [5.41, 5.74) is 18.4. The van der Waals surface area contributed by atoms with Crippen LogP contribution in [0.1, 0.15) is 46.3 Å². The summed E-state index contributed by atoms with van der Waals surface area (Å²) in [5, 5.41) is 0. The molecule has 36 heavy (non-hydrogen) atoms. The molecular formula is C27H33BN7O. The van der Waals surface area contributed by atoms with Crippen molar-refractivity contribution in [3.8, 4) is 0 Å². The number of rotatable bonds is 8. The van der Waals surface area contributed by atoms with E-state index in [0.717, 1.165) is 24.2 Å². The van der Waals surface area contributed by atoms with Gasteiger partial charge < -0.3 is 17.2 Å². The van der Waals surface area contributed by atoms with E-state index in [0.29, 0.717) is 31.0 Å². The van der Waals surface area contributed by atoms with E-state index in [9.17, 15) is 4.79 Å². The van der Waals surface area contributed by atoms with E-state index in [-0.39, 0.29) is 20.1 Å². The molecule has 4 aromatic heterocycles. The van der Waals surface area contributed by atoms with Gasteiger partial charge in [-0.3, -0.25) is 24.7 Å². The highest BCUT2D eigenvalue weighted by Crippen LogP contribution is 2.25. The number of carbonyl (C=O) groups is 1. The summed E-state index contributed by atoms with van der Waals surface area (Å²) in [6.45, 7) is 1.90. The number of nitrogens with two attached hydrogens (primary N) is 3. The maximum atomic E-state index is 11.7. The average molecular weight is 482 g/mol. The molecule has 0 unspecified atom stereocenters. The zero-order chi connectivity index (χ0) is 25.1. The van der Waals surface area contributed by atoms with Crippen molar-refractivity contribution in [1.82, 2.24) is 19.9 Å². The molecule has 0 saturated carbocycles. The molecule has 8 nitrogen and oxygen atoms in total. The molecule has 9 heteroatoms. The molecule has 0 saturated heterocycles. The number of ketones is 1. The van der Waals surface area contributed by atoms with Crippen molar-refractivity contribution in [1.29, 1.82) is 0 Å². The second kappa shape index (κ2) is 18.5. The molecule has 0 bridgehead atoms. The van der Waals surface area contributed by atoms with E-state index >= 15 is 0 Å². The molecule has 0 aliphatic carbocycles. The smallest absolute Gasteiger partial charge is 0.229 e. The van der Waals surface area contributed by atoms with Crippen molar-refractivity contribution in [2.24, 2.45) is 17.2 Å². The third-order valence-corrected chi connectivity index (χ3v) is 4.75.